The number of aliphatic carboxylic acids is 1. The molecule has 0 saturated carbocycles. The van der Waals surface area contributed by atoms with Crippen molar-refractivity contribution in [1.82, 2.24) is 0 Å². The number of carbonyl (C=O) groups is 2. The predicted octanol–water partition coefficient (Wildman–Crippen LogP) is 4.44. The molecule has 2 N–H and O–H groups in total. The molecule has 27 heavy (non-hydrogen) atoms. The van der Waals surface area contributed by atoms with Gasteiger partial charge in [-0.3, -0.25) is 14.6 Å². The molecule has 2 heterocycles. The summed E-state index contributed by atoms with van der Waals surface area (Å²) in [7, 11) is 0. The number of Topliss-reactive ketones (excluding diaryl/α,β-unsaturated/α-hetero) is 1. The molecule has 0 amide bonds. The zero-order valence-corrected chi connectivity index (χ0v) is 15.3. The van der Waals surface area contributed by atoms with Crippen LogP contribution < -0.4 is 4.74 Å². The van der Waals surface area contributed by atoms with Crippen LogP contribution in [0.3, 0.4) is 0 Å². The first kappa shape index (κ1) is 19.2. The number of alkyl halides is 2. The number of hydrogen-bond donors (Lipinski definition) is 2. The van der Waals surface area contributed by atoms with Gasteiger partial charge in [0.15, 0.2) is 5.06 Å². The summed E-state index contributed by atoms with van der Waals surface area (Å²) in [5.41, 5.74) is 1.49. The van der Waals surface area contributed by atoms with Gasteiger partial charge in [0.05, 0.1) is 27.6 Å². The van der Waals surface area contributed by atoms with E-state index in [1.54, 1.807) is 6.92 Å². The van der Waals surface area contributed by atoms with E-state index in [0.29, 0.717) is 33.9 Å². The number of ether oxygens (including phenoxy) is 1. The summed E-state index contributed by atoms with van der Waals surface area (Å²) >= 11 is 6.92. The smallest absolute Gasteiger partial charge is 0.388 e. The third kappa shape index (κ3) is 3.65. The maximum absolute atomic E-state index is 12.7. The molecule has 10 heteroatoms. The van der Waals surface area contributed by atoms with Crippen LogP contribution in [0, 0.1) is 0 Å². The number of aliphatic imine (C=N–C) groups is 1. The lowest BCUT2D eigenvalue weighted by Gasteiger charge is -2.19. The van der Waals surface area contributed by atoms with Crippen molar-refractivity contribution in [2.45, 2.75) is 26.4 Å². The van der Waals surface area contributed by atoms with E-state index in [1.165, 1.54) is 12.1 Å². The van der Waals surface area contributed by atoms with Gasteiger partial charge in [-0.1, -0.05) is 22.9 Å². The topological polar surface area (TPSA) is 96.2 Å². The molecule has 6 nitrogen and oxygen atoms in total. The quantitative estimate of drug-likeness (QED) is 0.669. The SMILES string of the molecule is CC1=C(CC(=O)O)C2=C(Cl)C(O)=C(C(=O)c3ccc(OC(F)F)s3)CC2=N1. The minimum Gasteiger partial charge on any atom is -0.506 e. The van der Waals surface area contributed by atoms with Crippen LogP contribution >= 0.6 is 22.9 Å². The Morgan fingerprint density at radius 2 is 2.11 bits per heavy atom. The van der Waals surface area contributed by atoms with Gasteiger partial charge in [-0.2, -0.15) is 8.78 Å². The second-order valence-electron chi connectivity index (χ2n) is 5.71. The largest absolute Gasteiger partial charge is 0.506 e. The molecule has 1 aromatic rings. The molecule has 2 aliphatic rings. The molecule has 0 saturated heterocycles. The van der Waals surface area contributed by atoms with E-state index >= 15 is 0 Å². The van der Waals surface area contributed by atoms with Crippen molar-refractivity contribution in [3.63, 3.8) is 0 Å². The van der Waals surface area contributed by atoms with Crippen LogP contribution in [0.1, 0.15) is 29.4 Å². The maximum Gasteiger partial charge on any atom is 0.388 e. The number of allylic oxidation sites excluding steroid dienone is 4. The van der Waals surface area contributed by atoms with Crippen molar-refractivity contribution >= 4 is 40.4 Å². The van der Waals surface area contributed by atoms with Crippen LogP contribution in [0.4, 0.5) is 8.78 Å². The average Bonchev–Trinajstić information content (AvgIpc) is 3.14. The van der Waals surface area contributed by atoms with Crippen molar-refractivity contribution in [2.75, 3.05) is 0 Å². The fourth-order valence-electron chi connectivity index (χ4n) is 2.87. The van der Waals surface area contributed by atoms with E-state index in [9.17, 15) is 23.5 Å². The number of carbonyl (C=O) groups excluding carboxylic acids is 1. The number of halogens is 3. The number of nitrogens with zero attached hydrogens (tertiary/aromatic N) is 1. The molecule has 142 valence electrons. The lowest BCUT2D eigenvalue weighted by atomic mass is 9.88. The molecular formula is C17H12ClF2NO5S. The molecule has 0 radical (unpaired) electrons. The van der Waals surface area contributed by atoms with Gasteiger partial charge in [0.2, 0.25) is 5.78 Å². The fourth-order valence-corrected chi connectivity index (χ4v) is 4.03. The molecule has 0 unspecified atom stereocenters. The Bertz CT molecular complexity index is 974. The van der Waals surface area contributed by atoms with E-state index in [1.807, 2.05) is 0 Å². The van der Waals surface area contributed by atoms with Crippen LogP contribution in [0.5, 0.6) is 5.06 Å². The van der Waals surface area contributed by atoms with Gasteiger partial charge in [-0.05, 0) is 24.6 Å². The van der Waals surface area contributed by atoms with E-state index < -0.39 is 24.1 Å². The second kappa shape index (κ2) is 7.24. The number of fused-ring (bicyclic) bond motifs is 1. The Hall–Kier alpha value is -2.52. The number of ketones is 1. The highest BCUT2D eigenvalue weighted by Gasteiger charge is 2.35. The third-order valence-corrected chi connectivity index (χ3v) is 5.34. The Balaban J connectivity index is 1.95. The number of carboxylic acids is 1. The Kier molecular flexibility index (Phi) is 5.16. The van der Waals surface area contributed by atoms with Crippen LogP contribution in [0.2, 0.25) is 0 Å². The number of aliphatic hydroxyl groups excluding tert-OH is 1. The summed E-state index contributed by atoms with van der Waals surface area (Å²) in [5, 5.41) is 19.2. The number of carboxylic acid groups (broad SMARTS) is 1. The maximum atomic E-state index is 12.7. The molecule has 0 bridgehead atoms. The molecule has 1 aliphatic carbocycles. The third-order valence-electron chi connectivity index (χ3n) is 4.00. The molecule has 0 fully saturated rings. The summed E-state index contributed by atoms with van der Waals surface area (Å²) in [6, 6.07) is 2.55. The highest BCUT2D eigenvalue weighted by Crippen LogP contribution is 2.41. The zero-order chi connectivity index (χ0) is 19.9. The minimum absolute atomic E-state index is 0.0441. The van der Waals surface area contributed by atoms with E-state index in [2.05, 4.69) is 9.73 Å². The number of thiophene rings is 1. The van der Waals surface area contributed by atoms with Crippen LogP contribution in [-0.2, 0) is 4.79 Å². The van der Waals surface area contributed by atoms with Gasteiger partial charge >= 0.3 is 12.6 Å². The number of hydrogen-bond acceptors (Lipinski definition) is 6. The Labute approximate surface area is 160 Å². The molecule has 1 aromatic heterocycles. The van der Waals surface area contributed by atoms with E-state index in [0.717, 1.165) is 0 Å². The molecule has 1 aliphatic heterocycles. The number of aliphatic hydroxyl groups is 1. The van der Waals surface area contributed by atoms with E-state index in [4.69, 9.17) is 16.7 Å². The number of rotatable bonds is 6. The monoisotopic (exact) mass is 415 g/mol. The van der Waals surface area contributed by atoms with Crippen molar-refractivity contribution in [1.29, 1.82) is 0 Å². The molecule has 0 atom stereocenters. The van der Waals surface area contributed by atoms with Crippen LogP contribution in [0.25, 0.3) is 0 Å². The summed E-state index contributed by atoms with van der Waals surface area (Å²) in [4.78, 5) is 28.1. The van der Waals surface area contributed by atoms with E-state index in [-0.39, 0.29) is 33.4 Å². The first-order valence-corrected chi connectivity index (χ1v) is 8.80. The lowest BCUT2D eigenvalue weighted by molar-refractivity contribution is -0.136. The van der Waals surface area contributed by atoms with Gasteiger partial charge in [0.1, 0.15) is 5.76 Å². The summed E-state index contributed by atoms with van der Waals surface area (Å²) in [6.07, 6.45) is -0.375. The lowest BCUT2D eigenvalue weighted by Crippen LogP contribution is -2.18. The standard InChI is InChI=1S/C17H12ClF2NO5S/c1-6-7(5-11(22)23)13-9(21-6)4-8(16(25)14(13)18)15(24)10-2-3-12(27-10)26-17(19)20/h2-3,17,25H,4-5H2,1H3,(H,22,23). The van der Waals surface area contributed by atoms with Crippen molar-refractivity contribution < 1.29 is 33.3 Å². The van der Waals surface area contributed by atoms with Gasteiger partial charge in [0, 0.05) is 17.7 Å². The predicted molar refractivity (Wildman–Crippen MR) is 94.8 cm³/mol. The van der Waals surface area contributed by atoms with Gasteiger partial charge in [0.25, 0.3) is 0 Å². The molecular weight excluding hydrogens is 404 g/mol. The highest BCUT2D eigenvalue weighted by molar-refractivity contribution is 7.16. The molecule has 0 aromatic carbocycles. The average molecular weight is 416 g/mol. The van der Waals surface area contributed by atoms with Gasteiger partial charge < -0.3 is 14.9 Å². The summed E-state index contributed by atoms with van der Waals surface area (Å²) in [6.45, 7) is -1.39. The van der Waals surface area contributed by atoms with Crippen molar-refractivity contribution in [2.24, 2.45) is 4.99 Å². The highest BCUT2D eigenvalue weighted by atomic mass is 35.5. The van der Waals surface area contributed by atoms with Crippen LogP contribution in [0.15, 0.2) is 50.3 Å². The Morgan fingerprint density at radius 1 is 1.41 bits per heavy atom. The Morgan fingerprint density at radius 3 is 2.74 bits per heavy atom. The van der Waals surface area contributed by atoms with Crippen molar-refractivity contribution in [3.8, 4) is 5.06 Å². The summed E-state index contributed by atoms with van der Waals surface area (Å²) in [5.74, 6) is -2.14. The minimum atomic E-state index is -3.01. The first-order chi connectivity index (χ1) is 12.7. The second-order valence-corrected chi connectivity index (χ2v) is 7.14. The first-order valence-electron chi connectivity index (χ1n) is 7.60. The van der Waals surface area contributed by atoms with Gasteiger partial charge in [-0.25, -0.2) is 0 Å². The van der Waals surface area contributed by atoms with Gasteiger partial charge in [-0.15, -0.1) is 0 Å². The normalized spacial score (nSPS) is 16.9. The zero-order valence-electron chi connectivity index (χ0n) is 13.8. The molecule has 3 rings (SSSR count). The fraction of sp³-hybridized carbons (Fsp3) is 0.235. The summed E-state index contributed by atoms with van der Waals surface area (Å²) < 4.78 is 28.8. The van der Waals surface area contributed by atoms with Crippen LogP contribution in [-0.4, -0.2) is 34.3 Å². The van der Waals surface area contributed by atoms with Crippen molar-refractivity contribution in [3.05, 3.63) is 50.2 Å². The molecule has 0 spiro atoms.